The molecule has 0 amide bonds. The minimum absolute atomic E-state index is 0.247. The lowest BCUT2D eigenvalue weighted by Crippen LogP contribution is -2.16. The van der Waals surface area contributed by atoms with Gasteiger partial charge >= 0.3 is 12.4 Å². The van der Waals surface area contributed by atoms with E-state index >= 15 is 0 Å². The molecule has 3 nitrogen and oxygen atoms in total. The molecule has 0 aliphatic rings. The summed E-state index contributed by atoms with van der Waals surface area (Å²) in [6, 6.07) is 0. The van der Waals surface area contributed by atoms with Gasteiger partial charge in [0.1, 0.15) is 0 Å². The van der Waals surface area contributed by atoms with Gasteiger partial charge in [0, 0.05) is 6.08 Å². The first-order valence-corrected chi connectivity index (χ1v) is 5.76. The van der Waals surface area contributed by atoms with Crippen molar-refractivity contribution in [2.45, 2.75) is 25.7 Å². The van der Waals surface area contributed by atoms with Crippen LogP contribution in [0.5, 0.6) is 0 Å². The maximum absolute atomic E-state index is 12.2. The minimum Gasteiger partial charge on any atom is -0.282 e. The van der Waals surface area contributed by atoms with Crippen LogP contribution in [-0.4, -0.2) is 25.3 Å². The van der Waals surface area contributed by atoms with Crippen LogP contribution in [0.2, 0.25) is 0 Å². The number of hydrogen-bond donors (Lipinski definition) is 1. The van der Waals surface area contributed by atoms with Gasteiger partial charge in [0.25, 0.3) is 10.1 Å². The average molecular weight is 298 g/mol. The fourth-order valence-corrected chi connectivity index (χ4v) is 1.55. The second kappa shape index (κ2) is 5.31. The van der Waals surface area contributed by atoms with Gasteiger partial charge < -0.3 is 0 Å². The summed E-state index contributed by atoms with van der Waals surface area (Å²) in [5.74, 6) is 0. The Kier molecular flexibility index (Phi) is 5.00. The summed E-state index contributed by atoms with van der Waals surface area (Å²) in [5.41, 5.74) is -2.20. The predicted octanol–water partition coefficient (Wildman–Crippen LogP) is 3.22. The van der Waals surface area contributed by atoms with Gasteiger partial charge in [0.15, 0.2) is 0 Å². The molecule has 18 heavy (non-hydrogen) atoms. The summed E-state index contributed by atoms with van der Waals surface area (Å²) in [4.78, 5) is -1.16. The van der Waals surface area contributed by atoms with E-state index in [1.165, 1.54) is 0 Å². The molecule has 1 N–H and O–H groups in total. The van der Waals surface area contributed by atoms with Crippen molar-refractivity contribution < 1.29 is 39.3 Å². The molecule has 0 fully saturated rings. The van der Waals surface area contributed by atoms with Crippen LogP contribution in [0.25, 0.3) is 0 Å². The molecule has 0 bridgehead atoms. The molecule has 0 saturated carbocycles. The zero-order chi connectivity index (χ0) is 14.8. The highest BCUT2D eigenvalue weighted by Gasteiger charge is 2.38. The molecule has 0 aromatic carbocycles. The van der Waals surface area contributed by atoms with Gasteiger partial charge in [-0.15, -0.1) is 0 Å². The smallest absolute Gasteiger partial charge is 0.282 e. The van der Waals surface area contributed by atoms with Crippen LogP contribution in [0.1, 0.15) is 13.3 Å². The van der Waals surface area contributed by atoms with Gasteiger partial charge in [-0.2, -0.15) is 34.8 Å². The van der Waals surface area contributed by atoms with Gasteiger partial charge in [-0.3, -0.25) is 4.55 Å². The van der Waals surface area contributed by atoms with Crippen LogP contribution in [0.3, 0.4) is 0 Å². The third-order valence-corrected chi connectivity index (χ3v) is 2.71. The lowest BCUT2D eigenvalue weighted by molar-refractivity contribution is -0.104. The van der Waals surface area contributed by atoms with Crippen molar-refractivity contribution in [3.05, 3.63) is 22.6 Å². The predicted molar refractivity (Wildman–Crippen MR) is 50.1 cm³/mol. The van der Waals surface area contributed by atoms with Gasteiger partial charge in [-0.25, -0.2) is 0 Å². The highest BCUT2D eigenvalue weighted by Crippen LogP contribution is 2.32. The number of alkyl halides is 6. The summed E-state index contributed by atoms with van der Waals surface area (Å²) in [6.45, 7) is 1.07. The summed E-state index contributed by atoms with van der Waals surface area (Å²) in [6.07, 6.45) is -12.6. The van der Waals surface area contributed by atoms with Gasteiger partial charge in [0.2, 0.25) is 0 Å². The van der Waals surface area contributed by atoms with E-state index in [4.69, 9.17) is 4.55 Å². The zero-order valence-electron chi connectivity index (χ0n) is 8.80. The standard InChI is InChI=1S/C8H8F6O3S/c1-2-6(18(15,16)17)3-5(8(12,13)14)4-7(9,10)11/h3-4H,2H2,1H3,(H,15,16,17)/b5-4+,6-3+. The van der Waals surface area contributed by atoms with Crippen molar-refractivity contribution in [3.8, 4) is 0 Å². The van der Waals surface area contributed by atoms with E-state index in [1.807, 2.05) is 0 Å². The Morgan fingerprint density at radius 3 is 1.83 bits per heavy atom. The fraction of sp³-hybridized carbons (Fsp3) is 0.500. The first kappa shape index (κ1) is 17.0. The van der Waals surface area contributed by atoms with Crippen LogP contribution >= 0.6 is 0 Å². The van der Waals surface area contributed by atoms with Gasteiger partial charge in [-0.1, -0.05) is 6.92 Å². The van der Waals surface area contributed by atoms with E-state index < -0.39 is 45.4 Å². The van der Waals surface area contributed by atoms with Crippen molar-refractivity contribution in [2.75, 3.05) is 0 Å². The van der Waals surface area contributed by atoms with Gasteiger partial charge in [-0.05, 0) is 12.5 Å². The summed E-state index contributed by atoms with van der Waals surface area (Å²) >= 11 is 0. The van der Waals surface area contributed by atoms with E-state index in [9.17, 15) is 34.8 Å². The van der Waals surface area contributed by atoms with E-state index in [1.54, 1.807) is 0 Å². The van der Waals surface area contributed by atoms with E-state index in [0.717, 1.165) is 6.92 Å². The molecule has 0 saturated heterocycles. The lowest BCUT2D eigenvalue weighted by atomic mass is 10.2. The number of allylic oxidation sites excluding steroid dienone is 4. The molecule has 106 valence electrons. The Morgan fingerprint density at radius 2 is 1.61 bits per heavy atom. The minimum atomic E-state index is -5.39. The molecule has 0 aliphatic carbocycles. The van der Waals surface area contributed by atoms with E-state index in [2.05, 4.69) is 0 Å². The molecule has 0 heterocycles. The van der Waals surface area contributed by atoms with Crippen molar-refractivity contribution in [1.82, 2.24) is 0 Å². The third-order valence-electron chi connectivity index (χ3n) is 1.64. The Hall–Kier alpha value is -1.03. The fourth-order valence-electron chi connectivity index (χ4n) is 0.914. The lowest BCUT2D eigenvalue weighted by Gasteiger charge is -2.10. The van der Waals surface area contributed by atoms with Crippen molar-refractivity contribution >= 4 is 10.1 Å². The normalized spacial score (nSPS) is 16.0. The quantitative estimate of drug-likeness (QED) is 0.494. The third kappa shape index (κ3) is 6.05. The monoisotopic (exact) mass is 298 g/mol. The summed E-state index contributed by atoms with van der Waals surface area (Å²) < 4.78 is 102. The van der Waals surface area contributed by atoms with Crippen molar-refractivity contribution in [1.29, 1.82) is 0 Å². The second-order valence-corrected chi connectivity index (χ2v) is 4.55. The Bertz CT molecular complexity index is 454. The molecule has 0 unspecified atom stereocenters. The first-order valence-electron chi connectivity index (χ1n) is 4.32. The van der Waals surface area contributed by atoms with Crippen molar-refractivity contribution in [2.24, 2.45) is 0 Å². The largest absolute Gasteiger partial charge is 0.416 e. The topological polar surface area (TPSA) is 54.4 Å². The molecular formula is C8H8F6O3S. The summed E-state index contributed by atoms with van der Waals surface area (Å²) in [7, 11) is -4.97. The molecule has 0 atom stereocenters. The maximum atomic E-state index is 12.2. The number of rotatable bonds is 3. The van der Waals surface area contributed by atoms with E-state index in [-0.39, 0.29) is 6.08 Å². The molecule has 0 rings (SSSR count). The van der Waals surface area contributed by atoms with Gasteiger partial charge in [0.05, 0.1) is 10.5 Å². The van der Waals surface area contributed by atoms with Crippen LogP contribution in [0, 0.1) is 0 Å². The molecule has 10 heteroatoms. The molecule has 0 aliphatic heterocycles. The number of hydrogen-bond acceptors (Lipinski definition) is 2. The van der Waals surface area contributed by atoms with Crippen LogP contribution in [0.4, 0.5) is 26.3 Å². The van der Waals surface area contributed by atoms with Crippen LogP contribution in [0.15, 0.2) is 22.6 Å². The van der Waals surface area contributed by atoms with Crippen LogP contribution in [-0.2, 0) is 10.1 Å². The SMILES string of the molecule is CC/C(=C\C(=C/C(F)(F)F)C(F)(F)F)S(=O)(=O)O. The Labute approximate surface area is 98.5 Å². The molecule has 0 radical (unpaired) electrons. The average Bonchev–Trinajstić information content (AvgIpc) is 2.05. The number of halogens is 6. The Balaban J connectivity index is 5.81. The molecular weight excluding hydrogens is 290 g/mol. The van der Waals surface area contributed by atoms with Crippen LogP contribution < -0.4 is 0 Å². The van der Waals surface area contributed by atoms with Crippen molar-refractivity contribution in [3.63, 3.8) is 0 Å². The zero-order valence-corrected chi connectivity index (χ0v) is 9.62. The Morgan fingerprint density at radius 1 is 1.17 bits per heavy atom. The molecule has 0 aromatic rings. The molecule has 0 spiro atoms. The highest BCUT2D eigenvalue weighted by atomic mass is 32.2. The molecule has 0 aromatic heterocycles. The summed E-state index contributed by atoms with van der Waals surface area (Å²) in [5, 5.41) is 0. The first-order chi connectivity index (χ1) is 7.77. The maximum Gasteiger partial charge on any atom is 0.416 e. The second-order valence-electron chi connectivity index (χ2n) is 3.08. The van der Waals surface area contributed by atoms with E-state index in [0.29, 0.717) is 0 Å². The highest BCUT2D eigenvalue weighted by molar-refractivity contribution is 7.89.